The first-order chi connectivity index (χ1) is 11.6. The lowest BCUT2D eigenvalue weighted by Crippen LogP contribution is -2.12. The zero-order valence-corrected chi connectivity index (χ0v) is 14.6. The van der Waals surface area contributed by atoms with Crippen molar-refractivity contribution in [1.82, 2.24) is 0 Å². The molecule has 2 aromatic carbocycles. The fourth-order valence-corrected chi connectivity index (χ4v) is 2.40. The van der Waals surface area contributed by atoms with E-state index in [2.05, 4.69) is 33.2 Å². The van der Waals surface area contributed by atoms with Crippen LogP contribution < -0.4 is 10.6 Å². The van der Waals surface area contributed by atoms with Crippen LogP contribution in [0.3, 0.4) is 0 Å². The predicted octanol–water partition coefficient (Wildman–Crippen LogP) is 4.39. The largest absolute Gasteiger partial charge is 0.459 e. The lowest BCUT2D eigenvalue weighted by Gasteiger charge is -2.07. The number of anilines is 2. The molecule has 0 spiro atoms. The number of hydrogen-bond acceptors (Lipinski definition) is 3. The number of hydrogen-bond donors (Lipinski definition) is 2. The number of furan rings is 1. The first kappa shape index (κ1) is 16.3. The summed E-state index contributed by atoms with van der Waals surface area (Å²) < 4.78 is 6.10. The van der Waals surface area contributed by atoms with E-state index < -0.39 is 0 Å². The first-order valence-electron chi connectivity index (χ1n) is 7.14. The van der Waals surface area contributed by atoms with E-state index in [1.54, 1.807) is 48.5 Å². The highest BCUT2D eigenvalue weighted by Gasteiger charge is 2.09. The van der Waals surface area contributed by atoms with Gasteiger partial charge < -0.3 is 15.1 Å². The van der Waals surface area contributed by atoms with E-state index in [1.807, 2.05) is 12.1 Å². The molecule has 3 aromatic rings. The van der Waals surface area contributed by atoms with Crippen molar-refractivity contribution < 1.29 is 14.0 Å². The van der Waals surface area contributed by atoms with Gasteiger partial charge in [-0.1, -0.05) is 0 Å². The Hall–Kier alpha value is -2.61. The van der Waals surface area contributed by atoms with Crippen molar-refractivity contribution >= 4 is 45.8 Å². The molecule has 0 saturated carbocycles. The summed E-state index contributed by atoms with van der Waals surface area (Å²) in [7, 11) is 0. The van der Waals surface area contributed by atoms with Crippen LogP contribution in [0.2, 0.25) is 0 Å². The standard InChI is InChI=1S/C18H13IN2O3/c19-13-5-3-12(4-6-13)17(22)20-14-7-9-15(10-8-14)21-18(23)16-2-1-11-24-16/h1-11H,(H,20,22)(H,21,23). The fourth-order valence-electron chi connectivity index (χ4n) is 2.04. The highest BCUT2D eigenvalue weighted by atomic mass is 127. The van der Waals surface area contributed by atoms with Gasteiger partial charge in [0, 0.05) is 20.5 Å². The van der Waals surface area contributed by atoms with E-state index in [0.29, 0.717) is 16.9 Å². The molecule has 120 valence electrons. The van der Waals surface area contributed by atoms with Crippen molar-refractivity contribution in [2.75, 3.05) is 10.6 Å². The number of benzene rings is 2. The van der Waals surface area contributed by atoms with E-state index in [9.17, 15) is 9.59 Å². The van der Waals surface area contributed by atoms with Crippen molar-refractivity contribution in [2.24, 2.45) is 0 Å². The Morgan fingerprint density at radius 1 is 0.792 bits per heavy atom. The Morgan fingerprint density at radius 3 is 1.92 bits per heavy atom. The van der Waals surface area contributed by atoms with Gasteiger partial charge in [0.15, 0.2) is 5.76 Å². The van der Waals surface area contributed by atoms with Crippen LogP contribution in [-0.2, 0) is 0 Å². The fraction of sp³-hybridized carbons (Fsp3) is 0. The summed E-state index contributed by atoms with van der Waals surface area (Å²) in [5.74, 6) is -0.263. The molecule has 24 heavy (non-hydrogen) atoms. The molecule has 0 aliphatic carbocycles. The molecule has 6 heteroatoms. The van der Waals surface area contributed by atoms with Crippen LogP contribution in [0.5, 0.6) is 0 Å². The summed E-state index contributed by atoms with van der Waals surface area (Å²) in [5.41, 5.74) is 1.85. The number of carbonyl (C=O) groups is 2. The van der Waals surface area contributed by atoms with Gasteiger partial charge in [0.25, 0.3) is 11.8 Å². The van der Waals surface area contributed by atoms with Crippen molar-refractivity contribution in [3.63, 3.8) is 0 Å². The minimum absolute atomic E-state index is 0.182. The summed E-state index contributed by atoms with van der Waals surface area (Å²) in [6, 6.07) is 17.4. The average molecular weight is 432 g/mol. The number of rotatable bonds is 4. The quantitative estimate of drug-likeness (QED) is 0.601. The zero-order chi connectivity index (χ0) is 16.9. The summed E-state index contributed by atoms with van der Waals surface area (Å²) in [6.07, 6.45) is 1.44. The van der Waals surface area contributed by atoms with Crippen molar-refractivity contribution in [3.05, 3.63) is 81.8 Å². The van der Waals surface area contributed by atoms with Crippen LogP contribution in [0.15, 0.2) is 71.3 Å². The van der Waals surface area contributed by atoms with E-state index >= 15 is 0 Å². The molecular weight excluding hydrogens is 419 g/mol. The number of amides is 2. The molecule has 0 radical (unpaired) electrons. The van der Waals surface area contributed by atoms with Gasteiger partial charge in [0.1, 0.15) is 0 Å². The van der Waals surface area contributed by atoms with Crippen LogP contribution >= 0.6 is 22.6 Å². The molecule has 0 aliphatic rings. The van der Waals surface area contributed by atoms with Crippen LogP contribution in [0.1, 0.15) is 20.9 Å². The molecule has 1 aromatic heterocycles. The van der Waals surface area contributed by atoms with Crippen LogP contribution in [0, 0.1) is 3.57 Å². The molecule has 2 amide bonds. The van der Waals surface area contributed by atoms with Crippen molar-refractivity contribution in [3.8, 4) is 0 Å². The van der Waals surface area contributed by atoms with Gasteiger partial charge in [0.05, 0.1) is 6.26 Å². The molecule has 5 nitrogen and oxygen atoms in total. The van der Waals surface area contributed by atoms with Crippen LogP contribution in [0.4, 0.5) is 11.4 Å². The Kier molecular flexibility index (Phi) is 4.95. The normalized spacial score (nSPS) is 10.2. The molecule has 1 heterocycles. The van der Waals surface area contributed by atoms with Gasteiger partial charge in [-0.15, -0.1) is 0 Å². The lowest BCUT2D eigenvalue weighted by atomic mass is 10.2. The van der Waals surface area contributed by atoms with Crippen LogP contribution in [0.25, 0.3) is 0 Å². The van der Waals surface area contributed by atoms with E-state index in [1.165, 1.54) is 6.26 Å². The highest BCUT2D eigenvalue weighted by molar-refractivity contribution is 14.1. The minimum Gasteiger partial charge on any atom is -0.459 e. The maximum absolute atomic E-state index is 12.1. The predicted molar refractivity (Wildman–Crippen MR) is 100 cm³/mol. The third-order valence-electron chi connectivity index (χ3n) is 3.25. The average Bonchev–Trinajstić information content (AvgIpc) is 3.12. The number of halogens is 1. The molecule has 0 bridgehead atoms. The lowest BCUT2D eigenvalue weighted by molar-refractivity contribution is 0.0994. The topological polar surface area (TPSA) is 71.3 Å². The van der Waals surface area contributed by atoms with Crippen molar-refractivity contribution in [1.29, 1.82) is 0 Å². The third kappa shape index (κ3) is 4.02. The molecule has 0 fully saturated rings. The molecule has 2 N–H and O–H groups in total. The van der Waals surface area contributed by atoms with Gasteiger partial charge in [-0.3, -0.25) is 9.59 Å². The minimum atomic E-state index is -0.323. The summed E-state index contributed by atoms with van der Waals surface area (Å²) >= 11 is 2.19. The number of nitrogens with one attached hydrogen (secondary N) is 2. The van der Waals surface area contributed by atoms with E-state index in [4.69, 9.17) is 4.42 Å². The van der Waals surface area contributed by atoms with Gasteiger partial charge in [-0.25, -0.2) is 0 Å². The number of carbonyl (C=O) groups excluding carboxylic acids is 2. The zero-order valence-electron chi connectivity index (χ0n) is 12.5. The second kappa shape index (κ2) is 7.31. The third-order valence-corrected chi connectivity index (χ3v) is 3.97. The van der Waals surface area contributed by atoms with Crippen LogP contribution in [-0.4, -0.2) is 11.8 Å². The second-order valence-electron chi connectivity index (χ2n) is 4.97. The second-order valence-corrected chi connectivity index (χ2v) is 6.22. The molecule has 3 rings (SSSR count). The highest BCUT2D eigenvalue weighted by Crippen LogP contribution is 2.16. The van der Waals surface area contributed by atoms with Gasteiger partial charge in [-0.2, -0.15) is 0 Å². The SMILES string of the molecule is O=C(Nc1ccc(NC(=O)c2ccco2)cc1)c1ccc(I)cc1. The Bertz CT molecular complexity index is 841. The Labute approximate surface area is 152 Å². The maximum atomic E-state index is 12.1. The maximum Gasteiger partial charge on any atom is 0.291 e. The molecule has 0 saturated heterocycles. The smallest absolute Gasteiger partial charge is 0.291 e. The van der Waals surface area contributed by atoms with Gasteiger partial charge >= 0.3 is 0 Å². The Balaban J connectivity index is 1.63. The van der Waals surface area contributed by atoms with Crippen molar-refractivity contribution in [2.45, 2.75) is 0 Å². The van der Waals surface area contributed by atoms with Gasteiger partial charge in [-0.05, 0) is 83.3 Å². The first-order valence-corrected chi connectivity index (χ1v) is 8.21. The monoisotopic (exact) mass is 432 g/mol. The molecule has 0 aliphatic heterocycles. The molecule has 0 atom stereocenters. The summed E-state index contributed by atoms with van der Waals surface area (Å²) in [6.45, 7) is 0. The summed E-state index contributed by atoms with van der Waals surface area (Å²) in [4.78, 5) is 24.0. The molecule has 0 unspecified atom stereocenters. The Morgan fingerprint density at radius 2 is 1.38 bits per heavy atom. The van der Waals surface area contributed by atoms with Gasteiger partial charge in [0.2, 0.25) is 0 Å². The van der Waals surface area contributed by atoms with E-state index in [0.717, 1.165) is 3.57 Å². The molecular formula is C18H13IN2O3. The van der Waals surface area contributed by atoms with E-state index in [-0.39, 0.29) is 17.6 Å². The summed E-state index contributed by atoms with van der Waals surface area (Å²) in [5, 5.41) is 5.53.